The topological polar surface area (TPSA) is 142 Å². The zero-order valence-corrected chi connectivity index (χ0v) is 9.86. The summed E-state index contributed by atoms with van der Waals surface area (Å²) in [6.07, 6.45) is -0.746. The van der Waals surface area contributed by atoms with Gasteiger partial charge in [0.15, 0.2) is 16.8 Å². The predicted octanol–water partition coefficient (Wildman–Crippen LogP) is -0.270. The Labute approximate surface area is 102 Å². The van der Waals surface area contributed by atoms with Gasteiger partial charge in [0.2, 0.25) is 0 Å². The molecule has 1 amide bonds. The number of nitrogen functional groups attached to an aromatic ring is 2. The largest absolute Gasteiger partial charge is 0.414 e. The molecule has 8 nitrogen and oxygen atoms in total. The molecule has 1 aromatic heterocycles. The van der Waals surface area contributed by atoms with Crippen molar-refractivity contribution in [1.29, 1.82) is 0 Å². The van der Waals surface area contributed by atoms with Gasteiger partial charge in [0.05, 0.1) is 0 Å². The van der Waals surface area contributed by atoms with Crippen LogP contribution in [0.3, 0.4) is 0 Å². The Kier molecular flexibility index (Phi) is 4.30. The lowest BCUT2D eigenvalue weighted by atomic mass is 10.4. The second kappa shape index (κ2) is 5.51. The van der Waals surface area contributed by atoms with Crippen LogP contribution in [0.5, 0.6) is 5.88 Å². The van der Waals surface area contributed by atoms with Crippen LogP contribution >= 0.6 is 11.6 Å². The highest BCUT2D eigenvalue weighted by Gasteiger charge is 2.13. The molecule has 0 radical (unpaired) electrons. The summed E-state index contributed by atoms with van der Waals surface area (Å²) in [7, 11) is 0. The number of hydrogen-bond acceptors (Lipinski definition) is 7. The maximum absolute atomic E-state index is 11.3. The van der Waals surface area contributed by atoms with Crippen LogP contribution in [0.2, 0.25) is 5.15 Å². The number of hydrogen-bond donors (Lipinski definition) is 4. The smallest absolute Gasteiger partial charge is 0.387 e. The Morgan fingerprint density at radius 3 is 2.71 bits per heavy atom. The first kappa shape index (κ1) is 13.3. The monoisotopic (exact) mass is 260 g/mol. The second-order valence-corrected chi connectivity index (χ2v) is 3.70. The van der Waals surface area contributed by atoms with Crippen LogP contribution in [0.4, 0.5) is 16.4 Å². The van der Waals surface area contributed by atoms with Crippen molar-refractivity contribution in [3.8, 4) is 5.88 Å². The number of amides is 1. The number of halogens is 1. The van der Waals surface area contributed by atoms with Crippen molar-refractivity contribution in [2.24, 2.45) is 5.73 Å². The van der Waals surface area contributed by atoms with Gasteiger partial charge in [0.1, 0.15) is 0 Å². The van der Waals surface area contributed by atoms with Gasteiger partial charge < -0.3 is 27.3 Å². The molecule has 0 aromatic carbocycles. The van der Waals surface area contributed by atoms with Crippen molar-refractivity contribution < 1.29 is 9.53 Å². The van der Waals surface area contributed by atoms with E-state index in [0.717, 1.165) is 0 Å². The molecule has 0 aliphatic heterocycles. The van der Waals surface area contributed by atoms with Crippen LogP contribution in [0.1, 0.15) is 6.92 Å². The van der Waals surface area contributed by atoms with Gasteiger partial charge in [-0.1, -0.05) is 11.6 Å². The van der Waals surface area contributed by atoms with E-state index in [0.29, 0.717) is 0 Å². The summed E-state index contributed by atoms with van der Waals surface area (Å²) in [6, 6.07) is -0.194. The van der Waals surface area contributed by atoms with Crippen LogP contribution in [-0.4, -0.2) is 28.6 Å². The molecule has 0 saturated heterocycles. The first-order chi connectivity index (χ1) is 7.90. The number of nitrogens with two attached hydrogens (primary N) is 3. The van der Waals surface area contributed by atoms with Crippen LogP contribution < -0.4 is 27.3 Å². The van der Waals surface area contributed by atoms with Crippen molar-refractivity contribution >= 4 is 29.3 Å². The Morgan fingerprint density at radius 2 is 2.12 bits per heavy atom. The van der Waals surface area contributed by atoms with Crippen LogP contribution in [-0.2, 0) is 0 Å². The number of aromatic nitrogens is 2. The zero-order chi connectivity index (χ0) is 13.0. The average molecular weight is 261 g/mol. The number of rotatable bonds is 3. The third kappa shape index (κ3) is 3.93. The van der Waals surface area contributed by atoms with Gasteiger partial charge in [0.25, 0.3) is 5.88 Å². The van der Waals surface area contributed by atoms with Crippen molar-refractivity contribution in [3.05, 3.63) is 5.15 Å². The summed E-state index contributed by atoms with van der Waals surface area (Å²) in [5.74, 6) is -0.360. The highest BCUT2D eigenvalue weighted by atomic mass is 35.5. The predicted molar refractivity (Wildman–Crippen MR) is 63.5 cm³/mol. The molecule has 0 aliphatic rings. The number of anilines is 2. The normalized spacial score (nSPS) is 11.9. The summed E-state index contributed by atoms with van der Waals surface area (Å²) >= 11 is 5.61. The Bertz CT molecular complexity index is 425. The minimum absolute atomic E-state index is 0.0347. The van der Waals surface area contributed by atoms with E-state index in [4.69, 9.17) is 33.5 Å². The molecule has 0 fully saturated rings. The number of carbonyl (C=O) groups excluding carboxylic acids is 1. The van der Waals surface area contributed by atoms with Crippen LogP contribution in [0.25, 0.3) is 0 Å². The van der Waals surface area contributed by atoms with E-state index in [2.05, 4.69) is 15.3 Å². The zero-order valence-electron chi connectivity index (χ0n) is 9.11. The fraction of sp³-hybridized carbons (Fsp3) is 0.375. The molecule has 0 unspecified atom stereocenters. The Morgan fingerprint density at radius 1 is 1.47 bits per heavy atom. The van der Waals surface area contributed by atoms with Crippen LogP contribution in [0.15, 0.2) is 0 Å². The maximum Gasteiger partial charge on any atom is 0.414 e. The van der Waals surface area contributed by atoms with Crippen molar-refractivity contribution in [3.63, 3.8) is 0 Å². The van der Waals surface area contributed by atoms with Gasteiger partial charge in [-0.3, -0.25) is 0 Å². The standard InChI is InChI=1S/C8H13ClN6O2/c1-3(10)2-13-8(16)17-7-6(12)15-5(11)4(9)14-7/h3H,2,10H2,1H3,(H,13,16)(H4,11,12,15)/t3-/m0/s1. The van der Waals surface area contributed by atoms with Gasteiger partial charge in [-0.25, -0.2) is 9.78 Å². The first-order valence-corrected chi connectivity index (χ1v) is 5.07. The fourth-order valence-electron chi connectivity index (χ4n) is 0.871. The van der Waals surface area contributed by atoms with Crippen molar-refractivity contribution in [1.82, 2.24) is 15.3 Å². The fourth-order valence-corrected chi connectivity index (χ4v) is 0.990. The van der Waals surface area contributed by atoms with E-state index < -0.39 is 6.09 Å². The summed E-state index contributed by atoms with van der Waals surface area (Å²) in [5, 5.41) is 2.32. The molecular weight excluding hydrogens is 248 g/mol. The third-order valence-corrected chi connectivity index (χ3v) is 1.91. The molecule has 1 rings (SSSR count). The summed E-state index contributed by atoms with van der Waals surface area (Å²) < 4.78 is 4.79. The molecule has 0 aliphatic carbocycles. The maximum atomic E-state index is 11.3. The molecule has 0 spiro atoms. The molecule has 17 heavy (non-hydrogen) atoms. The van der Waals surface area contributed by atoms with Gasteiger partial charge >= 0.3 is 6.09 Å². The average Bonchev–Trinajstić information content (AvgIpc) is 2.23. The molecule has 94 valence electrons. The van der Waals surface area contributed by atoms with Gasteiger partial charge in [-0.05, 0) is 6.92 Å². The van der Waals surface area contributed by atoms with E-state index in [1.54, 1.807) is 6.92 Å². The molecular formula is C8H13ClN6O2. The van der Waals surface area contributed by atoms with Crippen molar-refractivity contribution in [2.75, 3.05) is 18.0 Å². The van der Waals surface area contributed by atoms with E-state index in [1.165, 1.54) is 0 Å². The number of nitrogens with one attached hydrogen (secondary N) is 1. The van der Waals surface area contributed by atoms with Crippen molar-refractivity contribution in [2.45, 2.75) is 13.0 Å². The van der Waals surface area contributed by atoms with Crippen LogP contribution in [0, 0.1) is 0 Å². The lowest BCUT2D eigenvalue weighted by Crippen LogP contribution is -2.37. The third-order valence-electron chi connectivity index (χ3n) is 1.63. The second-order valence-electron chi connectivity index (χ2n) is 3.34. The number of carbonyl (C=O) groups is 1. The lowest BCUT2D eigenvalue weighted by molar-refractivity contribution is 0.198. The molecule has 1 atom stereocenters. The van der Waals surface area contributed by atoms with Gasteiger partial charge in [-0.15, -0.1) is 0 Å². The molecule has 9 heteroatoms. The minimum atomic E-state index is -0.746. The van der Waals surface area contributed by atoms with E-state index in [1.807, 2.05) is 0 Å². The molecule has 1 heterocycles. The Balaban J connectivity index is 2.68. The molecule has 0 saturated carbocycles. The van der Waals surface area contributed by atoms with E-state index >= 15 is 0 Å². The Hall–Kier alpha value is -1.80. The summed E-state index contributed by atoms with van der Waals surface area (Å²) in [6.45, 7) is 1.99. The molecule has 7 N–H and O–H groups in total. The van der Waals surface area contributed by atoms with E-state index in [-0.39, 0.29) is 35.3 Å². The first-order valence-electron chi connectivity index (χ1n) is 4.70. The lowest BCUT2D eigenvalue weighted by Gasteiger charge is -2.09. The van der Waals surface area contributed by atoms with E-state index in [9.17, 15) is 4.79 Å². The number of nitrogens with zero attached hydrogens (tertiary/aromatic N) is 2. The molecule has 1 aromatic rings. The highest BCUT2D eigenvalue weighted by Crippen LogP contribution is 2.22. The van der Waals surface area contributed by atoms with Gasteiger partial charge in [-0.2, -0.15) is 4.98 Å². The quantitative estimate of drug-likeness (QED) is 0.586. The number of ether oxygens (including phenoxy) is 1. The molecule has 0 bridgehead atoms. The summed E-state index contributed by atoms with van der Waals surface area (Å²) in [5.41, 5.74) is 16.3. The highest BCUT2D eigenvalue weighted by molar-refractivity contribution is 6.31. The van der Waals surface area contributed by atoms with Gasteiger partial charge in [0, 0.05) is 12.6 Å². The minimum Gasteiger partial charge on any atom is -0.387 e. The summed E-state index contributed by atoms with van der Waals surface area (Å²) in [4.78, 5) is 18.6. The SMILES string of the molecule is C[C@H](N)CNC(=O)Oc1nc(Cl)c(N)nc1N.